The van der Waals surface area contributed by atoms with Gasteiger partial charge in [0.25, 0.3) is 0 Å². The predicted octanol–water partition coefficient (Wildman–Crippen LogP) is 3.91. The Balaban J connectivity index is 1.65. The molecule has 1 saturated heterocycles. The van der Waals surface area contributed by atoms with Crippen LogP contribution in [0.1, 0.15) is 66.2 Å². The van der Waals surface area contributed by atoms with Gasteiger partial charge in [-0.15, -0.1) is 0 Å². The van der Waals surface area contributed by atoms with Crippen molar-refractivity contribution in [3.05, 3.63) is 0 Å². The average molecular weight is 293 g/mol. The molecular formula is C19H36N2. The maximum atomic E-state index is 4.17. The Morgan fingerprint density at radius 2 is 1.52 bits per heavy atom. The molecule has 0 aromatic heterocycles. The lowest BCUT2D eigenvalue weighted by atomic mass is 9.71. The molecule has 3 aliphatic rings. The van der Waals surface area contributed by atoms with Gasteiger partial charge in [-0.25, -0.2) is 0 Å². The van der Waals surface area contributed by atoms with E-state index in [1.165, 1.54) is 51.6 Å². The Labute approximate surface area is 132 Å². The topological polar surface area (TPSA) is 15.3 Å². The van der Waals surface area contributed by atoms with Crippen LogP contribution < -0.4 is 5.32 Å². The fourth-order valence-corrected chi connectivity index (χ4v) is 5.23. The van der Waals surface area contributed by atoms with Gasteiger partial charge < -0.3 is 10.2 Å². The van der Waals surface area contributed by atoms with Crippen LogP contribution in [-0.2, 0) is 0 Å². The summed E-state index contributed by atoms with van der Waals surface area (Å²) in [4.78, 5) is 2.74. The molecule has 1 N–H and O–H groups in total. The number of nitrogens with zero attached hydrogens (tertiary/aromatic N) is 1. The molecule has 2 heteroatoms. The van der Waals surface area contributed by atoms with Crippen molar-refractivity contribution < 1.29 is 0 Å². The SMILES string of the molecule is CC1CCCC(NC2C3CCCC2CN(C(C)C)C3)C1C. The van der Waals surface area contributed by atoms with Crippen molar-refractivity contribution in [1.82, 2.24) is 10.2 Å². The number of piperidine rings is 1. The van der Waals surface area contributed by atoms with Gasteiger partial charge in [0.1, 0.15) is 0 Å². The summed E-state index contributed by atoms with van der Waals surface area (Å²) in [5.74, 6) is 3.59. The minimum atomic E-state index is 0.725. The highest BCUT2D eigenvalue weighted by molar-refractivity contribution is 4.98. The highest BCUT2D eigenvalue weighted by Crippen LogP contribution is 2.38. The average Bonchev–Trinajstić information content (AvgIpc) is 2.43. The Hall–Kier alpha value is -0.0800. The number of fused-ring (bicyclic) bond motifs is 2. The van der Waals surface area contributed by atoms with Crippen molar-refractivity contribution in [3.8, 4) is 0 Å². The van der Waals surface area contributed by atoms with Gasteiger partial charge >= 0.3 is 0 Å². The molecule has 2 bridgehead atoms. The van der Waals surface area contributed by atoms with Crippen molar-refractivity contribution in [2.24, 2.45) is 23.7 Å². The van der Waals surface area contributed by atoms with Crippen LogP contribution in [0.25, 0.3) is 0 Å². The minimum Gasteiger partial charge on any atom is -0.310 e. The summed E-state index contributed by atoms with van der Waals surface area (Å²) >= 11 is 0. The summed E-state index contributed by atoms with van der Waals surface area (Å²) in [6.07, 6.45) is 8.66. The van der Waals surface area contributed by atoms with Gasteiger partial charge in [0, 0.05) is 31.2 Å². The second-order valence-corrected chi connectivity index (χ2v) is 8.56. The zero-order valence-corrected chi connectivity index (χ0v) is 14.6. The van der Waals surface area contributed by atoms with Crippen LogP contribution in [0.2, 0.25) is 0 Å². The second-order valence-electron chi connectivity index (χ2n) is 8.56. The van der Waals surface area contributed by atoms with Gasteiger partial charge in [-0.3, -0.25) is 0 Å². The lowest BCUT2D eigenvalue weighted by molar-refractivity contribution is 0.0165. The van der Waals surface area contributed by atoms with Crippen molar-refractivity contribution >= 4 is 0 Å². The molecule has 2 nitrogen and oxygen atoms in total. The van der Waals surface area contributed by atoms with Crippen LogP contribution >= 0.6 is 0 Å². The lowest BCUT2D eigenvalue weighted by Gasteiger charge is -2.51. The van der Waals surface area contributed by atoms with Crippen LogP contribution in [0.3, 0.4) is 0 Å². The standard InChI is InChI=1S/C19H36N2/c1-13(2)21-11-16-8-6-9-17(12-21)19(16)20-18-10-5-7-14(3)15(18)4/h13-20H,5-12H2,1-4H3. The molecule has 0 aromatic carbocycles. The van der Waals surface area contributed by atoms with E-state index in [0.717, 1.165) is 41.8 Å². The molecule has 5 atom stereocenters. The number of hydrogen-bond acceptors (Lipinski definition) is 2. The van der Waals surface area contributed by atoms with Crippen molar-refractivity contribution in [1.29, 1.82) is 0 Å². The van der Waals surface area contributed by atoms with Gasteiger partial charge in [0.2, 0.25) is 0 Å². The highest BCUT2D eigenvalue weighted by atomic mass is 15.2. The van der Waals surface area contributed by atoms with Crippen molar-refractivity contribution in [2.75, 3.05) is 13.1 Å². The Kier molecular flexibility index (Phi) is 4.95. The molecule has 3 fully saturated rings. The third-order valence-electron chi connectivity index (χ3n) is 6.95. The molecule has 1 aliphatic heterocycles. The highest BCUT2D eigenvalue weighted by Gasteiger charge is 2.41. The number of likely N-dealkylation sites (tertiary alicyclic amines) is 1. The van der Waals surface area contributed by atoms with Crippen molar-refractivity contribution in [2.45, 2.75) is 84.3 Å². The summed E-state index contributed by atoms with van der Waals surface area (Å²) in [7, 11) is 0. The normalized spacial score (nSPS) is 45.0. The van der Waals surface area contributed by atoms with Crippen molar-refractivity contribution in [3.63, 3.8) is 0 Å². The van der Waals surface area contributed by atoms with Gasteiger partial charge in [-0.2, -0.15) is 0 Å². The smallest absolute Gasteiger partial charge is 0.0151 e. The van der Waals surface area contributed by atoms with E-state index in [0.29, 0.717) is 0 Å². The van der Waals surface area contributed by atoms with Gasteiger partial charge in [-0.05, 0) is 56.8 Å². The molecule has 2 saturated carbocycles. The zero-order chi connectivity index (χ0) is 15.0. The van der Waals surface area contributed by atoms with Gasteiger partial charge in [-0.1, -0.05) is 33.1 Å². The maximum absolute atomic E-state index is 4.17. The van der Waals surface area contributed by atoms with Gasteiger partial charge in [0.05, 0.1) is 0 Å². The molecule has 0 radical (unpaired) electrons. The van der Waals surface area contributed by atoms with E-state index in [1.807, 2.05) is 0 Å². The van der Waals surface area contributed by atoms with Crippen LogP contribution in [-0.4, -0.2) is 36.1 Å². The second kappa shape index (κ2) is 6.58. The Morgan fingerprint density at radius 1 is 0.905 bits per heavy atom. The molecule has 1 heterocycles. The molecule has 2 aliphatic carbocycles. The predicted molar refractivity (Wildman–Crippen MR) is 90.4 cm³/mol. The first-order valence-corrected chi connectivity index (χ1v) is 9.56. The monoisotopic (exact) mass is 292 g/mol. The molecule has 21 heavy (non-hydrogen) atoms. The molecule has 0 aromatic rings. The summed E-state index contributed by atoms with van der Waals surface area (Å²) < 4.78 is 0. The lowest BCUT2D eigenvalue weighted by Crippen LogP contribution is -2.61. The Bertz CT molecular complexity index is 326. The molecule has 122 valence electrons. The molecular weight excluding hydrogens is 256 g/mol. The Morgan fingerprint density at radius 3 is 2.14 bits per heavy atom. The van der Waals surface area contributed by atoms with E-state index in [-0.39, 0.29) is 0 Å². The van der Waals surface area contributed by atoms with Crippen LogP contribution in [0.4, 0.5) is 0 Å². The van der Waals surface area contributed by atoms with E-state index in [4.69, 9.17) is 0 Å². The minimum absolute atomic E-state index is 0.725. The number of nitrogens with one attached hydrogen (secondary N) is 1. The van der Waals surface area contributed by atoms with Crippen LogP contribution in [0, 0.1) is 23.7 Å². The molecule has 5 unspecified atom stereocenters. The molecule has 0 spiro atoms. The fraction of sp³-hybridized carbons (Fsp3) is 1.00. The summed E-state index contributed by atoms with van der Waals surface area (Å²) in [6.45, 7) is 12.4. The van der Waals surface area contributed by atoms with E-state index in [1.54, 1.807) is 0 Å². The van der Waals surface area contributed by atoms with E-state index in [9.17, 15) is 0 Å². The van der Waals surface area contributed by atoms with E-state index >= 15 is 0 Å². The van der Waals surface area contributed by atoms with E-state index in [2.05, 4.69) is 37.9 Å². The van der Waals surface area contributed by atoms with Crippen LogP contribution in [0.5, 0.6) is 0 Å². The number of rotatable bonds is 3. The largest absolute Gasteiger partial charge is 0.310 e. The fourth-order valence-electron chi connectivity index (χ4n) is 5.23. The summed E-state index contributed by atoms with van der Waals surface area (Å²) in [5.41, 5.74) is 0. The van der Waals surface area contributed by atoms with Gasteiger partial charge in [0.15, 0.2) is 0 Å². The number of hydrogen-bond donors (Lipinski definition) is 1. The third-order valence-corrected chi connectivity index (χ3v) is 6.95. The van der Waals surface area contributed by atoms with Crippen LogP contribution in [0.15, 0.2) is 0 Å². The van der Waals surface area contributed by atoms with E-state index < -0.39 is 0 Å². The zero-order valence-electron chi connectivity index (χ0n) is 14.6. The molecule has 3 rings (SSSR count). The maximum Gasteiger partial charge on any atom is 0.0151 e. The quantitative estimate of drug-likeness (QED) is 0.848. The summed E-state index contributed by atoms with van der Waals surface area (Å²) in [5, 5.41) is 4.17. The first-order valence-electron chi connectivity index (χ1n) is 9.56. The third kappa shape index (κ3) is 3.32. The first kappa shape index (κ1) is 15.8. The summed E-state index contributed by atoms with van der Waals surface area (Å²) in [6, 6.07) is 2.32. The molecule has 0 amide bonds. The first-order chi connectivity index (χ1) is 10.1.